The molecule has 1 amide bonds. The van der Waals surface area contributed by atoms with Gasteiger partial charge in [0.25, 0.3) is 0 Å². The third-order valence-corrected chi connectivity index (χ3v) is 1.57. The molecule has 0 heterocycles. The molecule has 1 unspecified atom stereocenters. The van der Waals surface area contributed by atoms with Crippen LogP contribution in [0.15, 0.2) is 0 Å². The second-order valence-electron chi connectivity index (χ2n) is 3.24. The second-order valence-corrected chi connectivity index (χ2v) is 3.24. The van der Waals surface area contributed by atoms with Gasteiger partial charge < -0.3 is 22.1 Å². The molecule has 4 heteroatoms. The quantitative estimate of drug-likeness (QED) is 0.509. The first-order valence-corrected chi connectivity index (χ1v) is 3.38. The molecule has 1 atom stereocenters. The molecule has 11 heavy (non-hydrogen) atoms. The predicted molar refractivity (Wildman–Crippen MR) is 39.3 cm³/mol. The van der Waals surface area contributed by atoms with E-state index in [1.165, 1.54) is 6.92 Å². The van der Waals surface area contributed by atoms with E-state index in [1.807, 2.05) is 0 Å². The van der Waals surface area contributed by atoms with Gasteiger partial charge >= 0.3 is 5.91 Å². The van der Waals surface area contributed by atoms with Crippen LogP contribution in [-0.4, -0.2) is 42.2 Å². The lowest BCUT2D eigenvalue weighted by Crippen LogP contribution is -3.00. The number of hydrogen-bond acceptors (Lipinski definition) is 2. The van der Waals surface area contributed by atoms with Crippen molar-refractivity contribution in [2.45, 2.75) is 20.0 Å². The highest BCUT2D eigenvalue weighted by Gasteiger charge is 2.23. The van der Waals surface area contributed by atoms with Crippen LogP contribution < -0.4 is 17.0 Å². The van der Waals surface area contributed by atoms with Crippen molar-refractivity contribution in [1.82, 2.24) is 0 Å². The van der Waals surface area contributed by atoms with Gasteiger partial charge in [0, 0.05) is 0 Å². The number of nitrogens with zero attached hydrogens (tertiary/aromatic N) is 1. The molecule has 0 bridgehead atoms. The number of quaternary nitrogens is 1. The van der Waals surface area contributed by atoms with Crippen molar-refractivity contribution in [2.75, 3.05) is 20.6 Å². The van der Waals surface area contributed by atoms with Crippen LogP contribution in [0.2, 0.25) is 0 Å². The standard InChI is InChI=1S/C7H16NO2.BrH/c1-6(9)5-8(3,4)7(2)10;/h6,9H,5H2,1-4H3;1H/q+1;/p-1. The van der Waals surface area contributed by atoms with Gasteiger partial charge in [0.2, 0.25) is 0 Å². The number of amides is 1. The third kappa shape index (κ3) is 5.35. The number of carbonyl (C=O) groups excluding carboxylic acids is 1. The van der Waals surface area contributed by atoms with E-state index in [9.17, 15) is 4.79 Å². The summed E-state index contributed by atoms with van der Waals surface area (Å²) in [5, 5.41) is 8.97. The van der Waals surface area contributed by atoms with Crippen LogP contribution in [0, 0.1) is 0 Å². The first-order valence-electron chi connectivity index (χ1n) is 3.38. The second kappa shape index (κ2) is 4.85. The Labute approximate surface area is 78.4 Å². The first kappa shape index (κ1) is 13.6. The van der Waals surface area contributed by atoms with Gasteiger partial charge in [-0.15, -0.1) is 0 Å². The number of aliphatic hydroxyl groups is 1. The lowest BCUT2D eigenvalue weighted by atomic mass is 10.3. The van der Waals surface area contributed by atoms with Gasteiger partial charge in [-0.3, -0.25) is 4.48 Å². The summed E-state index contributed by atoms with van der Waals surface area (Å²) in [5.41, 5.74) is 0. The molecule has 0 spiro atoms. The maximum absolute atomic E-state index is 10.9. The van der Waals surface area contributed by atoms with E-state index in [2.05, 4.69) is 0 Å². The van der Waals surface area contributed by atoms with Crippen LogP contribution in [0.1, 0.15) is 13.8 Å². The van der Waals surface area contributed by atoms with Gasteiger partial charge in [-0.2, -0.15) is 0 Å². The molecule has 0 aromatic rings. The topological polar surface area (TPSA) is 37.3 Å². The van der Waals surface area contributed by atoms with Crippen LogP contribution >= 0.6 is 0 Å². The van der Waals surface area contributed by atoms with E-state index in [4.69, 9.17) is 5.11 Å². The molecule has 1 N–H and O–H groups in total. The van der Waals surface area contributed by atoms with Gasteiger partial charge in [0.15, 0.2) is 0 Å². The number of carbonyl (C=O) groups is 1. The molecular formula is C7H16BrNO2. The molecule has 0 radical (unpaired) electrons. The minimum absolute atomic E-state index is 0. The van der Waals surface area contributed by atoms with Gasteiger partial charge in [0.05, 0.1) is 21.0 Å². The number of hydrogen-bond donors (Lipinski definition) is 1. The highest BCUT2D eigenvalue weighted by Crippen LogP contribution is 1.99. The van der Waals surface area contributed by atoms with Gasteiger partial charge in [-0.25, -0.2) is 4.79 Å². The molecule has 3 nitrogen and oxygen atoms in total. The fraction of sp³-hybridized carbons (Fsp3) is 0.857. The molecule has 0 saturated carbocycles. The normalized spacial score (nSPS) is 13.5. The van der Waals surface area contributed by atoms with Crippen molar-refractivity contribution >= 4 is 5.91 Å². The third-order valence-electron chi connectivity index (χ3n) is 1.57. The summed E-state index contributed by atoms with van der Waals surface area (Å²) in [7, 11) is 3.57. The number of likely N-dealkylation sites (N-methyl/N-ethyl adjacent to an activating group) is 1. The summed E-state index contributed by atoms with van der Waals surface area (Å²) in [4.78, 5) is 10.9. The molecule has 0 aliphatic carbocycles. The van der Waals surface area contributed by atoms with Crippen molar-refractivity contribution in [1.29, 1.82) is 0 Å². The first-order chi connectivity index (χ1) is 4.36. The maximum Gasteiger partial charge on any atom is 0.310 e. The van der Waals surface area contributed by atoms with Crippen molar-refractivity contribution in [3.05, 3.63) is 0 Å². The Bertz CT molecular complexity index is 134. The molecule has 0 aromatic heterocycles. The molecule has 0 aliphatic heterocycles. The Balaban J connectivity index is 0. The lowest BCUT2D eigenvalue weighted by molar-refractivity contribution is -0.816. The van der Waals surface area contributed by atoms with Crippen LogP contribution in [0.25, 0.3) is 0 Å². The molecule has 0 fully saturated rings. The molecule has 0 aromatic carbocycles. The summed E-state index contributed by atoms with van der Waals surface area (Å²) >= 11 is 0. The van der Waals surface area contributed by atoms with E-state index in [-0.39, 0.29) is 27.4 Å². The number of aliphatic hydroxyl groups excluding tert-OH is 1. The van der Waals surface area contributed by atoms with Crippen LogP contribution in [0.5, 0.6) is 0 Å². The predicted octanol–water partition coefficient (Wildman–Crippen LogP) is -3.01. The minimum atomic E-state index is -0.418. The van der Waals surface area contributed by atoms with E-state index in [1.54, 1.807) is 21.0 Å². The summed E-state index contributed by atoms with van der Waals surface area (Å²) in [6, 6.07) is 0. The Hall–Kier alpha value is 0.0700. The summed E-state index contributed by atoms with van der Waals surface area (Å²) < 4.78 is 0.248. The maximum atomic E-state index is 10.9. The van der Waals surface area contributed by atoms with E-state index in [0.29, 0.717) is 6.54 Å². The average Bonchev–Trinajstić information content (AvgIpc) is 1.60. The number of halogens is 1. The Morgan fingerprint density at radius 1 is 1.55 bits per heavy atom. The molecule has 0 aliphatic rings. The molecule has 68 valence electrons. The zero-order valence-corrected chi connectivity index (χ0v) is 9.05. The smallest absolute Gasteiger partial charge is 0.310 e. The zero-order valence-electron chi connectivity index (χ0n) is 7.47. The summed E-state index contributed by atoms with van der Waals surface area (Å²) in [6.07, 6.45) is -0.418. The van der Waals surface area contributed by atoms with Crippen molar-refractivity contribution in [2.24, 2.45) is 0 Å². The Morgan fingerprint density at radius 3 is 2.00 bits per heavy atom. The van der Waals surface area contributed by atoms with E-state index >= 15 is 0 Å². The van der Waals surface area contributed by atoms with E-state index < -0.39 is 6.10 Å². The van der Waals surface area contributed by atoms with Crippen LogP contribution in [0.3, 0.4) is 0 Å². The van der Waals surface area contributed by atoms with Crippen LogP contribution in [0.4, 0.5) is 0 Å². The summed E-state index contributed by atoms with van der Waals surface area (Å²) in [6.45, 7) is 3.70. The molecule has 0 rings (SSSR count). The van der Waals surface area contributed by atoms with Crippen molar-refractivity contribution < 1.29 is 31.4 Å². The van der Waals surface area contributed by atoms with Gasteiger partial charge in [-0.05, 0) is 6.92 Å². The van der Waals surface area contributed by atoms with E-state index in [0.717, 1.165) is 0 Å². The SMILES string of the molecule is CC(=O)[N+](C)(C)CC(C)O.[Br-]. The minimum Gasteiger partial charge on any atom is -1.00 e. The van der Waals surface area contributed by atoms with Crippen LogP contribution in [-0.2, 0) is 4.79 Å². The van der Waals surface area contributed by atoms with Gasteiger partial charge in [0.1, 0.15) is 12.6 Å². The van der Waals surface area contributed by atoms with Crippen molar-refractivity contribution in [3.63, 3.8) is 0 Å². The van der Waals surface area contributed by atoms with Gasteiger partial charge in [-0.1, -0.05) is 0 Å². The molecular weight excluding hydrogens is 210 g/mol. The Kier molecular flexibility index (Phi) is 6.02. The lowest BCUT2D eigenvalue weighted by Gasteiger charge is -2.26. The average molecular weight is 226 g/mol. The van der Waals surface area contributed by atoms with Crippen molar-refractivity contribution in [3.8, 4) is 0 Å². The molecule has 0 saturated heterocycles. The largest absolute Gasteiger partial charge is 1.00 e. The highest BCUT2D eigenvalue weighted by atomic mass is 79.9. The Morgan fingerprint density at radius 2 is 1.91 bits per heavy atom. The number of rotatable bonds is 2. The highest BCUT2D eigenvalue weighted by molar-refractivity contribution is 5.65. The monoisotopic (exact) mass is 225 g/mol. The fourth-order valence-corrected chi connectivity index (χ4v) is 0.789. The summed E-state index contributed by atoms with van der Waals surface area (Å²) in [5.74, 6) is 0.0703. The fourth-order valence-electron chi connectivity index (χ4n) is 0.789. The zero-order chi connectivity index (χ0) is 8.36.